The fourth-order valence-electron chi connectivity index (χ4n) is 3.96. The number of ether oxygens (including phenoxy) is 2. The van der Waals surface area contributed by atoms with Crippen LogP contribution in [0.5, 0.6) is 0 Å². The number of aryl methyl sites for hydroxylation is 1. The van der Waals surface area contributed by atoms with Gasteiger partial charge in [0.05, 0.1) is 25.7 Å². The lowest BCUT2D eigenvalue weighted by Gasteiger charge is -2.31. The lowest BCUT2D eigenvalue weighted by molar-refractivity contribution is -0.150. The molecule has 1 heterocycles. The van der Waals surface area contributed by atoms with Crippen molar-refractivity contribution >= 4 is 11.5 Å². The summed E-state index contributed by atoms with van der Waals surface area (Å²) in [6, 6.07) is 19.0. The number of nitrogens with zero attached hydrogens (tertiary/aromatic N) is 1. The molecule has 3 rings (SSSR count). The van der Waals surface area contributed by atoms with Gasteiger partial charge in [0.25, 0.3) is 0 Å². The number of likely N-dealkylation sites (tertiary alicyclic amines) is 1. The molecule has 0 aromatic heterocycles. The van der Waals surface area contributed by atoms with Gasteiger partial charge in [0, 0.05) is 13.1 Å². The van der Waals surface area contributed by atoms with Crippen molar-refractivity contribution in [1.82, 2.24) is 4.90 Å². The van der Waals surface area contributed by atoms with E-state index < -0.39 is 0 Å². The predicted octanol–water partition coefficient (Wildman–Crippen LogP) is 4.72. The van der Waals surface area contributed by atoms with E-state index in [2.05, 4.69) is 66.4 Å². The highest BCUT2D eigenvalue weighted by atomic mass is 16.5. The molecular weight excluding hydrogens is 374 g/mol. The van der Waals surface area contributed by atoms with E-state index in [0.717, 1.165) is 32.5 Å². The van der Waals surface area contributed by atoms with E-state index in [0.29, 0.717) is 19.8 Å². The summed E-state index contributed by atoms with van der Waals surface area (Å²) in [5, 5.41) is 0. The highest BCUT2D eigenvalue weighted by Crippen LogP contribution is 2.24. The SMILES string of the molecule is CCOC(=O)C1CCCN(CCOCC=C(c2ccccc2)c2cccc(C)c2)C1. The van der Waals surface area contributed by atoms with Crippen LogP contribution in [0.1, 0.15) is 36.5 Å². The largest absolute Gasteiger partial charge is 0.466 e. The zero-order valence-corrected chi connectivity index (χ0v) is 18.2. The number of hydrogen-bond donors (Lipinski definition) is 0. The van der Waals surface area contributed by atoms with Gasteiger partial charge < -0.3 is 14.4 Å². The molecule has 4 nitrogen and oxygen atoms in total. The third kappa shape index (κ3) is 6.54. The highest BCUT2D eigenvalue weighted by Gasteiger charge is 2.26. The summed E-state index contributed by atoms with van der Waals surface area (Å²) in [5.74, 6) is -0.0543. The Morgan fingerprint density at radius 3 is 2.70 bits per heavy atom. The van der Waals surface area contributed by atoms with E-state index in [9.17, 15) is 4.79 Å². The number of carbonyl (C=O) groups excluding carboxylic acids is 1. The van der Waals surface area contributed by atoms with Gasteiger partial charge in [-0.3, -0.25) is 4.79 Å². The lowest BCUT2D eigenvalue weighted by Crippen LogP contribution is -2.40. The van der Waals surface area contributed by atoms with E-state index in [1.165, 1.54) is 22.3 Å². The first-order chi connectivity index (χ1) is 14.7. The Kier molecular flexibility index (Phi) is 8.66. The van der Waals surface area contributed by atoms with E-state index >= 15 is 0 Å². The Bertz CT molecular complexity index is 831. The molecule has 0 amide bonds. The van der Waals surface area contributed by atoms with Crippen LogP contribution in [0.15, 0.2) is 60.7 Å². The minimum atomic E-state index is -0.0586. The molecule has 1 unspecified atom stereocenters. The van der Waals surface area contributed by atoms with E-state index in [4.69, 9.17) is 9.47 Å². The van der Waals surface area contributed by atoms with Crippen LogP contribution in [-0.4, -0.2) is 50.3 Å². The number of piperidine rings is 1. The molecular formula is C26H33NO3. The van der Waals surface area contributed by atoms with Crippen molar-refractivity contribution in [1.29, 1.82) is 0 Å². The van der Waals surface area contributed by atoms with Crippen molar-refractivity contribution in [3.8, 4) is 0 Å². The Labute approximate surface area is 180 Å². The van der Waals surface area contributed by atoms with Gasteiger partial charge in [-0.1, -0.05) is 66.2 Å². The Morgan fingerprint density at radius 1 is 1.13 bits per heavy atom. The maximum absolute atomic E-state index is 12.0. The minimum Gasteiger partial charge on any atom is -0.466 e. The molecule has 1 atom stereocenters. The average molecular weight is 408 g/mol. The lowest BCUT2D eigenvalue weighted by atomic mass is 9.96. The number of esters is 1. The van der Waals surface area contributed by atoms with Crippen LogP contribution >= 0.6 is 0 Å². The maximum atomic E-state index is 12.0. The monoisotopic (exact) mass is 407 g/mol. The fourth-order valence-corrected chi connectivity index (χ4v) is 3.96. The molecule has 0 radical (unpaired) electrons. The molecule has 2 aromatic rings. The smallest absolute Gasteiger partial charge is 0.310 e. The second kappa shape index (κ2) is 11.7. The topological polar surface area (TPSA) is 38.8 Å². The van der Waals surface area contributed by atoms with Crippen LogP contribution in [0.3, 0.4) is 0 Å². The summed E-state index contributed by atoms with van der Waals surface area (Å²) in [4.78, 5) is 14.3. The van der Waals surface area contributed by atoms with Crippen LogP contribution in [0.25, 0.3) is 5.57 Å². The van der Waals surface area contributed by atoms with Crippen molar-refractivity contribution in [2.45, 2.75) is 26.7 Å². The van der Waals surface area contributed by atoms with Gasteiger partial charge in [-0.2, -0.15) is 0 Å². The number of rotatable bonds is 9. The predicted molar refractivity (Wildman–Crippen MR) is 121 cm³/mol. The molecule has 30 heavy (non-hydrogen) atoms. The van der Waals surface area contributed by atoms with Crippen LogP contribution in [-0.2, 0) is 14.3 Å². The summed E-state index contributed by atoms with van der Waals surface area (Å²) in [6.45, 7) is 8.29. The molecule has 2 aromatic carbocycles. The first-order valence-electron chi connectivity index (χ1n) is 11.0. The van der Waals surface area contributed by atoms with Gasteiger partial charge in [0.1, 0.15) is 0 Å². The summed E-state index contributed by atoms with van der Waals surface area (Å²) >= 11 is 0. The Hall–Kier alpha value is -2.43. The molecule has 4 heteroatoms. The van der Waals surface area contributed by atoms with E-state index in [1.807, 2.05) is 13.0 Å². The Morgan fingerprint density at radius 2 is 1.93 bits per heavy atom. The van der Waals surface area contributed by atoms with Crippen molar-refractivity contribution in [2.75, 3.05) is 39.5 Å². The molecule has 1 aliphatic heterocycles. The molecule has 0 spiro atoms. The summed E-state index contributed by atoms with van der Waals surface area (Å²) in [7, 11) is 0. The third-order valence-corrected chi connectivity index (χ3v) is 5.50. The zero-order chi connectivity index (χ0) is 21.2. The minimum absolute atomic E-state index is 0.00426. The summed E-state index contributed by atoms with van der Waals surface area (Å²) in [5.41, 5.74) is 4.84. The van der Waals surface area contributed by atoms with Crippen LogP contribution in [0, 0.1) is 12.8 Å². The standard InChI is InChI=1S/C26H33NO3/c1-3-30-26(28)24-13-8-15-27(20-24)16-18-29-17-14-25(22-10-5-4-6-11-22)23-12-7-9-21(2)19-23/h4-7,9-12,14,19,24H,3,8,13,15-18,20H2,1-2H3. The van der Waals surface area contributed by atoms with Gasteiger partial charge in [0.15, 0.2) is 0 Å². The van der Waals surface area contributed by atoms with Gasteiger partial charge >= 0.3 is 5.97 Å². The molecule has 0 aliphatic carbocycles. The molecule has 160 valence electrons. The van der Waals surface area contributed by atoms with Gasteiger partial charge in [-0.15, -0.1) is 0 Å². The fraction of sp³-hybridized carbons (Fsp3) is 0.423. The molecule has 0 saturated carbocycles. The molecule has 0 bridgehead atoms. The second-order valence-corrected chi connectivity index (χ2v) is 7.82. The number of carbonyl (C=O) groups is 1. The average Bonchev–Trinajstić information content (AvgIpc) is 2.77. The Balaban J connectivity index is 1.54. The van der Waals surface area contributed by atoms with Crippen molar-refractivity contribution in [2.24, 2.45) is 5.92 Å². The van der Waals surface area contributed by atoms with Gasteiger partial charge in [-0.25, -0.2) is 0 Å². The van der Waals surface area contributed by atoms with Crippen LogP contribution in [0.2, 0.25) is 0 Å². The molecule has 1 fully saturated rings. The normalized spacial score (nSPS) is 17.7. The quantitative estimate of drug-likeness (QED) is 0.445. The van der Waals surface area contributed by atoms with Crippen LogP contribution in [0.4, 0.5) is 0 Å². The van der Waals surface area contributed by atoms with Crippen molar-refractivity contribution in [3.63, 3.8) is 0 Å². The van der Waals surface area contributed by atoms with E-state index in [1.54, 1.807) is 0 Å². The van der Waals surface area contributed by atoms with Crippen molar-refractivity contribution in [3.05, 3.63) is 77.4 Å². The molecule has 1 aliphatic rings. The second-order valence-electron chi connectivity index (χ2n) is 7.82. The molecule has 0 N–H and O–H groups in total. The maximum Gasteiger partial charge on any atom is 0.310 e. The highest BCUT2D eigenvalue weighted by molar-refractivity contribution is 5.80. The van der Waals surface area contributed by atoms with Crippen LogP contribution < -0.4 is 0 Å². The van der Waals surface area contributed by atoms with Gasteiger partial charge in [-0.05, 0) is 49.9 Å². The zero-order valence-electron chi connectivity index (χ0n) is 18.2. The number of hydrogen-bond acceptors (Lipinski definition) is 4. The molecule has 1 saturated heterocycles. The summed E-state index contributed by atoms with van der Waals surface area (Å²) < 4.78 is 11.1. The number of benzene rings is 2. The first kappa shape index (κ1) is 22.3. The summed E-state index contributed by atoms with van der Waals surface area (Å²) in [6.07, 6.45) is 4.13. The van der Waals surface area contributed by atoms with E-state index in [-0.39, 0.29) is 11.9 Å². The third-order valence-electron chi connectivity index (χ3n) is 5.50. The first-order valence-corrected chi connectivity index (χ1v) is 11.0. The van der Waals surface area contributed by atoms with Crippen molar-refractivity contribution < 1.29 is 14.3 Å². The van der Waals surface area contributed by atoms with Gasteiger partial charge in [0.2, 0.25) is 0 Å².